The minimum absolute atomic E-state index is 0.0143. The number of anilines is 2. The molecule has 2 aliphatic rings. The number of pyridine rings is 1. The van der Waals surface area contributed by atoms with E-state index in [9.17, 15) is 14.4 Å². The molecular formula is C31H36N6O4. The first-order valence-electron chi connectivity index (χ1n) is 14.0. The minimum atomic E-state index is -0.445. The molecule has 2 fully saturated rings. The first-order chi connectivity index (χ1) is 20.0. The van der Waals surface area contributed by atoms with Crippen molar-refractivity contribution in [3.05, 3.63) is 78.6 Å². The summed E-state index contributed by atoms with van der Waals surface area (Å²) in [6.07, 6.45) is 2.54. The molecule has 2 aliphatic heterocycles. The number of ether oxygens (including phenoxy) is 1. The summed E-state index contributed by atoms with van der Waals surface area (Å²) in [5, 5.41) is 5.72. The summed E-state index contributed by atoms with van der Waals surface area (Å²) in [6.45, 7) is 4.48. The number of aromatic nitrogens is 1. The first-order valence-corrected chi connectivity index (χ1v) is 14.0. The molecule has 0 saturated carbocycles. The number of likely N-dealkylation sites (N-methyl/N-ethyl adjacent to an activating group) is 1. The second kappa shape index (κ2) is 13.3. The molecule has 2 saturated heterocycles. The summed E-state index contributed by atoms with van der Waals surface area (Å²) >= 11 is 0. The number of piperazine rings is 1. The van der Waals surface area contributed by atoms with E-state index in [0.717, 1.165) is 61.5 Å². The Morgan fingerprint density at radius 3 is 2.51 bits per heavy atom. The standard InChI is InChI=1S/C31H36N6O4/c1-35(30(39)28-12-11-24(21-33-28)37-18-15-32-29(38)22-37)19-20-36-16-13-25(14-17-36)41-31(40)34-27-10-6-5-9-26(27)23-7-3-2-4-8-23/h2-12,21,25H,13-20,22H2,1H3,(H,32,38)(H,34,40). The maximum atomic E-state index is 12.9. The number of amides is 3. The maximum absolute atomic E-state index is 12.9. The van der Waals surface area contributed by atoms with Crippen LogP contribution < -0.4 is 15.5 Å². The molecule has 0 radical (unpaired) electrons. The number of carbonyl (C=O) groups excluding carboxylic acids is 3. The van der Waals surface area contributed by atoms with Gasteiger partial charge < -0.3 is 24.8 Å². The quantitative estimate of drug-likeness (QED) is 0.438. The highest BCUT2D eigenvalue weighted by Crippen LogP contribution is 2.28. The summed E-state index contributed by atoms with van der Waals surface area (Å²) in [5.74, 6) is -0.154. The number of likely N-dealkylation sites (tertiary alicyclic amines) is 1. The summed E-state index contributed by atoms with van der Waals surface area (Å²) < 4.78 is 5.74. The Hall–Kier alpha value is -4.44. The molecule has 3 aromatic rings. The van der Waals surface area contributed by atoms with E-state index >= 15 is 0 Å². The highest BCUT2D eigenvalue weighted by molar-refractivity contribution is 5.93. The summed E-state index contributed by atoms with van der Waals surface area (Å²) in [6, 6.07) is 21.2. The fourth-order valence-electron chi connectivity index (χ4n) is 5.15. The van der Waals surface area contributed by atoms with E-state index in [-0.39, 0.29) is 17.9 Å². The van der Waals surface area contributed by atoms with E-state index in [2.05, 4.69) is 20.5 Å². The molecule has 3 heterocycles. The van der Waals surface area contributed by atoms with Crippen LogP contribution in [0.3, 0.4) is 0 Å². The van der Waals surface area contributed by atoms with Gasteiger partial charge in [-0.25, -0.2) is 9.78 Å². The summed E-state index contributed by atoms with van der Waals surface area (Å²) in [5.41, 5.74) is 3.90. The third-order valence-corrected chi connectivity index (χ3v) is 7.53. The number of benzene rings is 2. The van der Waals surface area contributed by atoms with Gasteiger partial charge in [-0.3, -0.25) is 14.9 Å². The molecule has 0 unspecified atom stereocenters. The van der Waals surface area contributed by atoms with E-state index in [0.29, 0.717) is 25.3 Å². The van der Waals surface area contributed by atoms with E-state index in [1.165, 1.54) is 0 Å². The van der Waals surface area contributed by atoms with E-state index in [1.54, 1.807) is 24.2 Å². The van der Waals surface area contributed by atoms with E-state index in [4.69, 9.17) is 4.74 Å². The van der Waals surface area contributed by atoms with E-state index in [1.807, 2.05) is 65.6 Å². The Labute approximate surface area is 240 Å². The fourth-order valence-corrected chi connectivity index (χ4v) is 5.15. The van der Waals surface area contributed by atoms with Crippen molar-refractivity contribution in [1.29, 1.82) is 0 Å². The van der Waals surface area contributed by atoms with Crippen molar-refractivity contribution in [3.8, 4) is 11.1 Å². The first kappa shape index (κ1) is 28.1. The van der Waals surface area contributed by atoms with E-state index < -0.39 is 6.09 Å². The zero-order chi connectivity index (χ0) is 28.6. The Morgan fingerprint density at radius 2 is 1.78 bits per heavy atom. The lowest BCUT2D eigenvalue weighted by molar-refractivity contribution is -0.120. The van der Waals surface area contributed by atoms with Crippen LogP contribution in [0.1, 0.15) is 23.3 Å². The smallest absolute Gasteiger partial charge is 0.411 e. The summed E-state index contributed by atoms with van der Waals surface area (Å²) in [7, 11) is 1.78. The van der Waals surface area contributed by atoms with Crippen LogP contribution in [0, 0.1) is 0 Å². The zero-order valence-corrected chi connectivity index (χ0v) is 23.3. The zero-order valence-electron chi connectivity index (χ0n) is 23.3. The van der Waals surface area contributed by atoms with Crippen LogP contribution in [0.4, 0.5) is 16.2 Å². The lowest BCUT2D eigenvalue weighted by atomic mass is 10.0. The molecule has 10 heteroatoms. The van der Waals surface area contributed by atoms with Gasteiger partial charge in [0.1, 0.15) is 11.8 Å². The van der Waals surface area contributed by atoms with Gasteiger partial charge in [0, 0.05) is 51.9 Å². The Morgan fingerprint density at radius 1 is 1.02 bits per heavy atom. The molecule has 3 amide bonds. The predicted octanol–water partition coefficient (Wildman–Crippen LogP) is 3.47. The second-order valence-electron chi connectivity index (χ2n) is 10.4. The van der Waals surface area contributed by atoms with Gasteiger partial charge in [-0.2, -0.15) is 0 Å². The number of piperidine rings is 1. The highest BCUT2D eigenvalue weighted by Gasteiger charge is 2.24. The van der Waals surface area contributed by atoms with Gasteiger partial charge in [0.15, 0.2) is 0 Å². The summed E-state index contributed by atoms with van der Waals surface area (Å²) in [4.78, 5) is 47.5. The van der Waals surface area contributed by atoms with Crippen LogP contribution in [-0.4, -0.2) is 91.7 Å². The maximum Gasteiger partial charge on any atom is 0.411 e. The largest absolute Gasteiger partial charge is 0.446 e. The molecule has 2 N–H and O–H groups in total. The monoisotopic (exact) mass is 556 g/mol. The van der Waals surface area contributed by atoms with Gasteiger partial charge in [0.2, 0.25) is 5.91 Å². The van der Waals surface area contributed by atoms with Gasteiger partial charge in [-0.1, -0.05) is 48.5 Å². The topological polar surface area (TPSA) is 107 Å². The third kappa shape index (κ3) is 7.40. The highest BCUT2D eigenvalue weighted by atomic mass is 16.6. The van der Waals surface area contributed by atoms with Crippen molar-refractivity contribution in [2.24, 2.45) is 0 Å². The van der Waals surface area contributed by atoms with Crippen LogP contribution in [0.2, 0.25) is 0 Å². The molecule has 0 atom stereocenters. The average molecular weight is 557 g/mol. The van der Waals surface area contributed by atoms with Crippen molar-refractivity contribution in [1.82, 2.24) is 20.1 Å². The number of hydrogen-bond donors (Lipinski definition) is 2. The third-order valence-electron chi connectivity index (χ3n) is 7.53. The molecule has 1 aromatic heterocycles. The van der Waals surface area contributed by atoms with Gasteiger partial charge in [-0.15, -0.1) is 0 Å². The van der Waals surface area contributed by atoms with Crippen LogP contribution >= 0.6 is 0 Å². The van der Waals surface area contributed by atoms with Gasteiger partial charge in [-0.05, 0) is 36.6 Å². The molecule has 41 heavy (non-hydrogen) atoms. The average Bonchev–Trinajstić information content (AvgIpc) is 3.01. The minimum Gasteiger partial charge on any atom is -0.446 e. The number of para-hydroxylation sites is 1. The predicted molar refractivity (Wildman–Crippen MR) is 158 cm³/mol. The van der Waals surface area contributed by atoms with Crippen molar-refractivity contribution in [2.75, 3.05) is 63.1 Å². The normalized spacial score (nSPS) is 16.1. The number of rotatable bonds is 8. The lowest BCUT2D eigenvalue weighted by Gasteiger charge is -2.32. The van der Waals surface area contributed by atoms with Crippen LogP contribution in [0.5, 0.6) is 0 Å². The SMILES string of the molecule is CN(CCN1CCC(OC(=O)Nc2ccccc2-c2ccccc2)CC1)C(=O)c1ccc(N2CCNC(=O)C2)cn1. The van der Waals surface area contributed by atoms with Crippen molar-refractivity contribution >= 4 is 29.3 Å². The van der Waals surface area contributed by atoms with Crippen LogP contribution in [-0.2, 0) is 9.53 Å². The van der Waals surface area contributed by atoms with Crippen LogP contribution in [0.25, 0.3) is 11.1 Å². The molecule has 0 spiro atoms. The lowest BCUT2D eigenvalue weighted by Crippen LogP contribution is -2.47. The fraction of sp³-hybridized carbons (Fsp3) is 0.355. The van der Waals surface area contributed by atoms with Gasteiger partial charge >= 0.3 is 6.09 Å². The Balaban J connectivity index is 1.04. The van der Waals surface area contributed by atoms with Gasteiger partial charge in [0.05, 0.1) is 24.1 Å². The molecule has 2 aromatic carbocycles. The number of nitrogens with zero attached hydrogens (tertiary/aromatic N) is 4. The Kier molecular flexibility index (Phi) is 9.10. The molecule has 10 nitrogen and oxygen atoms in total. The Bertz CT molecular complexity index is 1340. The molecule has 5 rings (SSSR count). The second-order valence-corrected chi connectivity index (χ2v) is 10.4. The molecule has 214 valence electrons. The number of nitrogens with one attached hydrogen (secondary N) is 2. The van der Waals surface area contributed by atoms with Crippen molar-refractivity contribution in [3.63, 3.8) is 0 Å². The molecule has 0 aliphatic carbocycles. The van der Waals surface area contributed by atoms with Crippen molar-refractivity contribution < 1.29 is 19.1 Å². The number of hydrogen-bond acceptors (Lipinski definition) is 7. The molecular weight excluding hydrogens is 520 g/mol. The van der Waals surface area contributed by atoms with Crippen LogP contribution in [0.15, 0.2) is 72.9 Å². The van der Waals surface area contributed by atoms with Gasteiger partial charge in [0.25, 0.3) is 5.91 Å². The van der Waals surface area contributed by atoms with Crippen molar-refractivity contribution in [2.45, 2.75) is 18.9 Å². The molecule has 0 bridgehead atoms. The number of carbonyl (C=O) groups is 3.